The summed E-state index contributed by atoms with van der Waals surface area (Å²) in [5.74, 6) is -0.328. The Morgan fingerprint density at radius 2 is 1.77 bits per heavy atom. The van der Waals surface area contributed by atoms with E-state index < -0.39 is 5.60 Å². The zero-order valence-corrected chi connectivity index (χ0v) is 16.2. The first-order valence-electron chi connectivity index (χ1n) is 9.08. The SMILES string of the molecule is COC(=O)c1ccc(CNCC2(CNC(=O)OC(C)(C)C)CCC2)cc1. The minimum atomic E-state index is -0.481. The molecule has 1 aliphatic carbocycles. The van der Waals surface area contributed by atoms with E-state index in [-0.39, 0.29) is 17.5 Å². The number of rotatable bonds is 7. The second-order valence-corrected chi connectivity index (χ2v) is 8.00. The number of ether oxygens (including phenoxy) is 2. The molecule has 144 valence electrons. The van der Waals surface area contributed by atoms with Crippen LogP contribution in [0.25, 0.3) is 0 Å². The third kappa shape index (κ3) is 6.02. The average Bonchev–Trinajstić information content (AvgIpc) is 2.54. The van der Waals surface area contributed by atoms with E-state index in [9.17, 15) is 9.59 Å². The first-order valence-corrected chi connectivity index (χ1v) is 9.08. The Balaban J connectivity index is 1.77. The highest BCUT2D eigenvalue weighted by atomic mass is 16.6. The third-order valence-electron chi connectivity index (χ3n) is 4.62. The molecule has 6 heteroatoms. The molecule has 0 radical (unpaired) electrons. The van der Waals surface area contributed by atoms with Gasteiger partial charge >= 0.3 is 12.1 Å². The molecule has 1 aromatic rings. The van der Waals surface area contributed by atoms with E-state index in [1.54, 1.807) is 12.1 Å². The Morgan fingerprint density at radius 1 is 1.12 bits per heavy atom. The van der Waals surface area contributed by atoms with Crippen molar-refractivity contribution in [2.45, 2.75) is 52.2 Å². The van der Waals surface area contributed by atoms with Crippen molar-refractivity contribution in [3.05, 3.63) is 35.4 Å². The molecule has 0 heterocycles. The molecule has 0 unspecified atom stereocenters. The molecule has 0 spiro atoms. The van der Waals surface area contributed by atoms with Crippen LogP contribution in [0.5, 0.6) is 0 Å². The highest BCUT2D eigenvalue weighted by Gasteiger charge is 2.37. The van der Waals surface area contributed by atoms with Gasteiger partial charge in [-0.15, -0.1) is 0 Å². The summed E-state index contributed by atoms with van der Waals surface area (Å²) in [5.41, 5.74) is 1.27. The van der Waals surface area contributed by atoms with Crippen LogP contribution in [-0.2, 0) is 16.0 Å². The first-order chi connectivity index (χ1) is 12.2. The van der Waals surface area contributed by atoms with Crippen molar-refractivity contribution in [2.75, 3.05) is 20.2 Å². The van der Waals surface area contributed by atoms with Gasteiger partial charge in [-0.3, -0.25) is 0 Å². The summed E-state index contributed by atoms with van der Waals surface area (Å²) in [7, 11) is 1.38. The average molecular weight is 362 g/mol. The maximum atomic E-state index is 11.9. The van der Waals surface area contributed by atoms with Crippen LogP contribution >= 0.6 is 0 Å². The predicted octanol–water partition coefficient (Wildman–Crippen LogP) is 3.26. The fourth-order valence-electron chi connectivity index (χ4n) is 3.02. The van der Waals surface area contributed by atoms with Crippen LogP contribution in [0.1, 0.15) is 56.0 Å². The van der Waals surface area contributed by atoms with Gasteiger partial charge in [0, 0.05) is 25.0 Å². The summed E-state index contributed by atoms with van der Waals surface area (Å²) in [6.45, 7) is 7.75. The van der Waals surface area contributed by atoms with Crippen LogP contribution < -0.4 is 10.6 Å². The van der Waals surface area contributed by atoms with Crippen LogP contribution in [0.2, 0.25) is 0 Å². The van der Waals surface area contributed by atoms with Gasteiger partial charge in [-0.1, -0.05) is 18.6 Å². The highest BCUT2D eigenvalue weighted by Crippen LogP contribution is 2.39. The number of amides is 1. The molecule has 26 heavy (non-hydrogen) atoms. The molecule has 2 rings (SSSR count). The number of benzene rings is 1. The van der Waals surface area contributed by atoms with E-state index in [0.29, 0.717) is 12.1 Å². The number of alkyl carbamates (subject to hydrolysis) is 1. The number of carbonyl (C=O) groups excluding carboxylic acids is 2. The van der Waals surface area contributed by atoms with Crippen molar-refractivity contribution in [3.63, 3.8) is 0 Å². The number of esters is 1. The standard InChI is InChI=1S/C20H30N2O4/c1-19(2,3)26-18(24)22-14-20(10-5-11-20)13-21-12-15-6-8-16(9-7-15)17(23)25-4/h6-9,21H,5,10-14H2,1-4H3,(H,22,24). The summed E-state index contributed by atoms with van der Waals surface area (Å²) >= 11 is 0. The van der Waals surface area contributed by atoms with Crippen molar-refractivity contribution in [2.24, 2.45) is 5.41 Å². The van der Waals surface area contributed by atoms with Gasteiger partial charge < -0.3 is 20.1 Å². The van der Waals surface area contributed by atoms with E-state index in [4.69, 9.17) is 9.47 Å². The third-order valence-corrected chi connectivity index (χ3v) is 4.62. The number of methoxy groups -OCH3 is 1. The minimum Gasteiger partial charge on any atom is -0.465 e. The van der Waals surface area contributed by atoms with E-state index in [1.807, 2.05) is 32.9 Å². The van der Waals surface area contributed by atoms with Gasteiger partial charge in [0.2, 0.25) is 0 Å². The van der Waals surface area contributed by atoms with Gasteiger partial charge in [0.15, 0.2) is 0 Å². The van der Waals surface area contributed by atoms with E-state index in [0.717, 1.165) is 31.5 Å². The predicted molar refractivity (Wildman–Crippen MR) is 100 cm³/mol. The minimum absolute atomic E-state index is 0.100. The molecule has 1 aliphatic rings. The van der Waals surface area contributed by atoms with E-state index in [1.165, 1.54) is 13.5 Å². The lowest BCUT2D eigenvalue weighted by Gasteiger charge is -2.42. The normalized spacial score (nSPS) is 15.7. The molecule has 1 aromatic carbocycles. The van der Waals surface area contributed by atoms with Crippen LogP contribution in [0.3, 0.4) is 0 Å². The quantitative estimate of drug-likeness (QED) is 0.728. The number of hydrogen-bond acceptors (Lipinski definition) is 5. The van der Waals surface area contributed by atoms with E-state index in [2.05, 4.69) is 10.6 Å². The summed E-state index contributed by atoms with van der Waals surface area (Å²) in [4.78, 5) is 23.3. The molecule has 0 aromatic heterocycles. The fourth-order valence-corrected chi connectivity index (χ4v) is 3.02. The first kappa shape index (κ1) is 20.2. The van der Waals surface area contributed by atoms with Gasteiger partial charge in [0.25, 0.3) is 0 Å². The maximum Gasteiger partial charge on any atom is 0.407 e. The molecule has 0 atom stereocenters. The monoisotopic (exact) mass is 362 g/mol. The summed E-state index contributed by atoms with van der Waals surface area (Å²) in [6, 6.07) is 7.38. The van der Waals surface area contributed by atoms with Gasteiger partial charge in [-0.25, -0.2) is 9.59 Å². The zero-order valence-electron chi connectivity index (χ0n) is 16.2. The second-order valence-electron chi connectivity index (χ2n) is 8.00. The zero-order chi connectivity index (χ0) is 19.2. The highest BCUT2D eigenvalue weighted by molar-refractivity contribution is 5.89. The Kier molecular flexibility index (Phi) is 6.64. The molecule has 0 aliphatic heterocycles. The van der Waals surface area contributed by atoms with Crippen LogP contribution in [0.4, 0.5) is 4.79 Å². The van der Waals surface area contributed by atoms with Crippen molar-refractivity contribution in [1.82, 2.24) is 10.6 Å². The van der Waals surface area contributed by atoms with Gasteiger partial charge in [-0.05, 0) is 51.3 Å². The van der Waals surface area contributed by atoms with Crippen molar-refractivity contribution < 1.29 is 19.1 Å². The second kappa shape index (κ2) is 8.54. The van der Waals surface area contributed by atoms with Crippen LogP contribution in [0, 0.1) is 5.41 Å². The molecule has 0 bridgehead atoms. The molecule has 2 N–H and O–H groups in total. The Labute approximate surface area is 155 Å². The fraction of sp³-hybridized carbons (Fsp3) is 0.600. The summed E-state index contributed by atoms with van der Waals surface area (Å²) < 4.78 is 10.0. The topological polar surface area (TPSA) is 76.7 Å². The van der Waals surface area contributed by atoms with Crippen LogP contribution in [-0.4, -0.2) is 37.9 Å². The Morgan fingerprint density at radius 3 is 2.27 bits per heavy atom. The number of carbonyl (C=O) groups is 2. The van der Waals surface area contributed by atoms with Crippen molar-refractivity contribution in [1.29, 1.82) is 0 Å². The van der Waals surface area contributed by atoms with Gasteiger partial charge in [-0.2, -0.15) is 0 Å². The summed E-state index contributed by atoms with van der Waals surface area (Å²) in [5, 5.41) is 6.38. The smallest absolute Gasteiger partial charge is 0.407 e. The molecule has 1 saturated carbocycles. The number of nitrogens with one attached hydrogen (secondary N) is 2. The molecule has 1 fully saturated rings. The molecular weight excluding hydrogens is 332 g/mol. The van der Waals surface area contributed by atoms with E-state index >= 15 is 0 Å². The lowest BCUT2D eigenvalue weighted by molar-refractivity contribution is 0.0450. The largest absolute Gasteiger partial charge is 0.465 e. The van der Waals surface area contributed by atoms with Crippen molar-refractivity contribution in [3.8, 4) is 0 Å². The maximum absolute atomic E-state index is 11.9. The Hall–Kier alpha value is -2.08. The number of hydrogen-bond donors (Lipinski definition) is 2. The van der Waals surface area contributed by atoms with Gasteiger partial charge in [0.1, 0.15) is 5.60 Å². The van der Waals surface area contributed by atoms with Gasteiger partial charge in [0.05, 0.1) is 12.7 Å². The lowest BCUT2D eigenvalue weighted by Crippen LogP contribution is -2.49. The molecular formula is C20H30N2O4. The molecule has 0 saturated heterocycles. The lowest BCUT2D eigenvalue weighted by atomic mass is 9.68. The summed E-state index contributed by atoms with van der Waals surface area (Å²) in [6.07, 6.45) is 3.02. The molecule has 1 amide bonds. The van der Waals surface area contributed by atoms with Crippen LogP contribution in [0.15, 0.2) is 24.3 Å². The Bertz CT molecular complexity index is 616. The van der Waals surface area contributed by atoms with Crippen molar-refractivity contribution >= 4 is 12.1 Å². The molecule has 6 nitrogen and oxygen atoms in total.